The maximum absolute atomic E-state index is 6.36. The molecule has 0 aromatic heterocycles. The van der Waals surface area contributed by atoms with Crippen molar-refractivity contribution in [1.29, 1.82) is 0 Å². The van der Waals surface area contributed by atoms with Gasteiger partial charge in [-0.3, -0.25) is 0 Å². The second kappa shape index (κ2) is 5.19. The Balaban J connectivity index is 2.23. The van der Waals surface area contributed by atoms with Crippen molar-refractivity contribution in [1.82, 2.24) is 0 Å². The number of nitrogens with two attached hydrogens (primary N) is 1. The molecule has 0 amide bonds. The van der Waals surface area contributed by atoms with E-state index in [0.29, 0.717) is 0 Å². The van der Waals surface area contributed by atoms with Crippen molar-refractivity contribution in [2.45, 2.75) is 52.2 Å². The molecule has 0 bridgehead atoms. The predicted octanol–water partition coefficient (Wildman–Crippen LogP) is 3.18. The Labute approximate surface area is 104 Å². The van der Waals surface area contributed by atoms with E-state index in [2.05, 4.69) is 32.9 Å². The van der Waals surface area contributed by atoms with Gasteiger partial charge in [0.25, 0.3) is 0 Å². The Kier molecular flexibility index (Phi) is 3.85. The predicted molar refractivity (Wildman–Crippen MR) is 71.2 cm³/mol. The summed E-state index contributed by atoms with van der Waals surface area (Å²) in [6.07, 6.45) is 3.70. The molecular formula is C15H23NO. The van der Waals surface area contributed by atoms with Gasteiger partial charge >= 0.3 is 0 Å². The summed E-state index contributed by atoms with van der Waals surface area (Å²) >= 11 is 0. The summed E-state index contributed by atoms with van der Waals surface area (Å²) in [5, 5.41) is 0. The molecule has 0 saturated carbocycles. The lowest BCUT2D eigenvalue weighted by Gasteiger charge is -2.29. The zero-order valence-electron chi connectivity index (χ0n) is 11.1. The summed E-state index contributed by atoms with van der Waals surface area (Å²) in [6, 6.07) is 4.48. The number of hydrogen-bond acceptors (Lipinski definition) is 2. The van der Waals surface area contributed by atoms with Crippen LogP contribution in [-0.4, -0.2) is 12.7 Å². The van der Waals surface area contributed by atoms with E-state index in [9.17, 15) is 0 Å². The highest BCUT2D eigenvalue weighted by molar-refractivity contribution is 5.38. The van der Waals surface area contributed by atoms with E-state index in [1.807, 2.05) is 0 Å². The molecule has 2 atom stereocenters. The van der Waals surface area contributed by atoms with Crippen LogP contribution in [0.25, 0.3) is 0 Å². The van der Waals surface area contributed by atoms with E-state index in [4.69, 9.17) is 10.5 Å². The third-order valence-electron chi connectivity index (χ3n) is 3.86. The van der Waals surface area contributed by atoms with Gasteiger partial charge < -0.3 is 10.5 Å². The lowest BCUT2D eigenvalue weighted by molar-refractivity contribution is -0.000111. The highest BCUT2D eigenvalue weighted by Crippen LogP contribution is 2.28. The van der Waals surface area contributed by atoms with Crippen LogP contribution in [0.5, 0.6) is 0 Å². The number of hydrogen-bond donors (Lipinski definition) is 1. The molecule has 0 radical (unpaired) electrons. The van der Waals surface area contributed by atoms with E-state index in [1.165, 1.54) is 35.1 Å². The first-order valence-corrected chi connectivity index (χ1v) is 6.54. The second-order valence-corrected chi connectivity index (χ2v) is 5.22. The monoisotopic (exact) mass is 233 g/mol. The molecule has 0 aliphatic carbocycles. The Bertz CT molecular complexity index is 394. The zero-order valence-corrected chi connectivity index (χ0v) is 11.1. The fourth-order valence-corrected chi connectivity index (χ4v) is 2.59. The van der Waals surface area contributed by atoms with Crippen LogP contribution >= 0.6 is 0 Å². The topological polar surface area (TPSA) is 35.2 Å². The summed E-state index contributed by atoms with van der Waals surface area (Å²) < 4.78 is 5.79. The van der Waals surface area contributed by atoms with Crippen molar-refractivity contribution in [2.24, 2.45) is 5.73 Å². The van der Waals surface area contributed by atoms with Crippen LogP contribution in [0.15, 0.2) is 12.1 Å². The molecule has 17 heavy (non-hydrogen) atoms. The van der Waals surface area contributed by atoms with E-state index >= 15 is 0 Å². The van der Waals surface area contributed by atoms with Crippen molar-refractivity contribution < 1.29 is 4.74 Å². The Hall–Kier alpha value is -0.860. The second-order valence-electron chi connectivity index (χ2n) is 5.22. The average Bonchev–Trinajstić information content (AvgIpc) is 2.34. The number of rotatable bonds is 2. The minimum atomic E-state index is 0.0228. The molecule has 2 unspecified atom stereocenters. The first-order chi connectivity index (χ1) is 8.09. The molecule has 1 saturated heterocycles. The minimum Gasteiger partial charge on any atom is -0.376 e. The third-order valence-corrected chi connectivity index (χ3v) is 3.86. The van der Waals surface area contributed by atoms with Crippen LogP contribution in [0.4, 0.5) is 0 Å². The van der Waals surface area contributed by atoms with Gasteiger partial charge in [0.2, 0.25) is 0 Å². The standard InChI is InChI=1S/C15H23NO/c1-10-8-12(3)13(9-11(10)2)15(16)14-6-4-5-7-17-14/h8-9,14-15H,4-7,16H2,1-3H3. The first kappa shape index (κ1) is 12.6. The Morgan fingerprint density at radius 1 is 1.12 bits per heavy atom. The molecule has 1 aromatic carbocycles. The molecule has 0 spiro atoms. The zero-order chi connectivity index (χ0) is 12.4. The van der Waals surface area contributed by atoms with Crippen molar-refractivity contribution >= 4 is 0 Å². The summed E-state index contributed by atoms with van der Waals surface area (Å²) in [5.41, 5.74) is 11.6. The Morgan fingerprint density at radius 2 is 1.82 bits per heavy atom. The van der Waals surface area contributed by atoms with E-state index in [0.717, 1.165) is 13.0 Å². The van der Waals surface area contributed by atoms with Gasteiger partial charge in [-0.25, -0.2) is 0 Å². The fraction of sp³-hybridized carbons (Fsp3) is 0.600. The highest BCUT2D eigenvalue weighted by atomic mass is 16.5. The van der Waals surface area contributed by atoms with Crippen LogP contribution in [-0.2, 0) is 4.74 Å². The maximum atomic E-state index is 6.36. The molecule has 1 fully saturated rings. The molecule has 1 aromatic rings. The third kappa shape index (κ3) is 2.70. The van der Waals surface area contributed by atoms with Crippen LogP contribution in [0.3, 0.4) is 0 Å². The fourth-order valence-electron chi connectivity index (χ4n) is 2.59. The van der Waals surface area contributed by atoms with Gasteiger partial charge in [0.05, 0.1) is 12.1 Å². The van der Waals surface area contributed by atoms with E-state index in [1.54, 1.807) is 0 Å². The van der Waals surface area contributed by atoms with Crippen LogP contribution in [0.2, 0.25) is 0 Å². The van der Waals surface area contributed by atoms with Crippen LogP contribution in [0.1, 0.15) is 47.6 Å². The van der Waals surface area contributed by atoms with Gasteiger partial charge in [0.15, 0.2) is 0 Å². The number of benzene rings is 1. The van der Waals surface area contributed by atoms with Gasteiger partial charge in [-0.1, -0.05) is 12.1 Å². The van der Waals surface area contributed by atoms with Crippen molar-refractivity contribution in [2.75, 3.05) is 6.61 Å². The SMILES string of the molecule is Cc1cc(C)c(C(N)C2CCCCO2)cc1C. The van der Waals surface area contributed by atoms with Crippen molar-refractivity contribution in [3.05, 3.63) is 34.4 Å². The van der Waals surface area contributed by atoms with E-state index < -0.39 is 0 Å². The highest BCUT2D eigenvalue weighted by Gasteiger charge is 2.24. The molecule has 1 aliphatic rings. The maximum Gasteiger partial charge on any atom is 0.0767 e. The van der Waals surface area contributed by atoms with Gasteiger partial charge in [-0.2, -0.15) is 0 Å². The molecule has 94 valence electrons. The molecule has 1 heterocycles. The smallest absolute Gasteiger partial charge is 0.0767 e. The molecule has 2 rings (SSSR count). The molecule has 2 heteroatoms. The quantitative estimate of drug-likeness (QED) is 0.851. The van der Waals surface area contributed by atoms with Crippen LogP contribution in [0, 0.1) is 20.8 Å². The summed E-state index contributed by atoms with van der Waals surface area (Å²) in [5.74, 6) is 0. The molecule has 1 aliphatic heterocycles. The first-order valence-electron chi connectivity index (χ1n) is 6.54. The normalized spacial score (nSPS) is 22.5. The van der Waals surface area contributed by atoms with Gasteiger partial charge in [0.1, 0.15) is 0 Å². The largest absolute Gasteiger partial charge is 0.376 e. The van der Waals surface area contributed by atoms with Gasteiger partial charge in [-0.05, 0) is 62.3 Å². The molecular weight excluding hydrogens is 210 g/mol. The minimum absolute atomic E-state index is 0.0228. The van der Waals surface area contributed by atoms with Crippen molar-refractivity contribution in [3.63, 3.8) is 0 Å². The molecule has 2 N–H and O–H groups in total. The average molecular weight is 233 g/mol. The summed E-state index contributed by atoms with van der Waals surface area (Å²) in [6.45, 7) is 7.30. The number of ether oxygens (including phenoxy) is 1. The summed E-state index contributed by atoms with van der Waals surface area (Å²) in [4.78, 5) is 0. The van der Waals surface area contributed by atoms with Crippen LogP contribution < -0.4 is 5.73 Å². The lowest BCUT2D eigenvalue weighted by atomic mass is 9.91. The summed E-state index contributed by atoms with van der Waals surface area (Å²) in [7, 11) is 0. The molecule has 2 nitrogen and oxygen atoms in total. The van der Waals surface area contributed by atoms with E-state index in [-0.39, 0.29) is 12.1 Å². The lowest BCUT2D eigenvalue weighted by Crippen LogP contribution is -2.32. The van der Waals surface area contributed by atoms with Gasteiger partial charge in [-0.15, -0.1) is 0 Å². The van der Waals surface area contributed by atoms with Gasteiger partial charge in [0, 0.05) is 6.61 Å². The number of aryl methyl sites for hydroxylation is 3. The van der Waals surface area contributed by atoms with Crippen molar-refractivity contribution in [3.8, 4) is 0 Å². The Morgan fingerprint density at radius 3 is 2.47 bits per heavy atom.